The third kappa shape index (κ3) is 1.39. The zero-order valence-electron chi connectivity index (χ0n) is 23.1. The quantitative estimate of drug-likeness (QED) is 0.196. The van der Waals surface area contributed by atoms with Gasteiger partial charge in [0, 0.05) is 0 Å². The molecular weight excluding hydrogens is 899 g/mol. The van der Waals surface area contributed by atoms with Gasteiger partial charge in [-0.15, -0.1) is 0 Å². The van der Waals surface area contributed by atoms with Crippen LogP contribution in [0.2, 0.25) is 73.0 Å². The van der Waals surface area contributed by atoms with Crippen molar-refractivity contribution < 1.29 is 19.7 Å². The van der Waals surface area contributed by atoms with Crippen LogP contribution in [0.3, 0.4) is 0 Å². The van der Waals surface area contributed by atoms with Gasteiger partial charge >= 0.3 is 229 Å². The first-order chi connectivity index (χ1) is 15.8. The molecule has 16 heteroatoms. The van der Waals surface area contributed by atoms with E-state index in [1.165, 1.54) is 0 Å². The molecule has 0 N–H and O–H groups in total. The minimum absolute atomic E-state index is 0.383. The number of rotatable bonds is 8. The standard InChI is InChI=1S/C8N4O8.12CH3.4Sn/c13-9(14)5-1-6(10(15)16)2(5)8(12(19)20)3(5)7(1,4(6)8)11(17)18;;;;;;;;;;;;;;;;/h;12*1H3;;;;. The molecule has 0 heterocycles. The van der Waals surface area contributed by atoms with Gasteiger partial charge in [0.1, 0.15) is 0 Å². The van der Waals surface area contributed by atoms with Crippen molar-refractivity contribution in [2.75, 3.05) is 0 Å². The monoisotopic (exact) mass is 940 g/mol. The molecular formula is C20H36N4O8Sn4. The number of nitro groups is 4. The molecule has 0 aromatic rings. The van der Waals surface area contributed by atoms with Crippen LogP contribution in [-0.2, 0) is 0 Å². The second kappa shape index (κ2) is 6.03. The first-order valence-electron chi connectivity index (χ1n) is 12.4. The molecule has 12 nitrogen and oxygen atoms in total. The van der Waals surface area contributed by atoms with E-state index >= 15 is 0 Å². The Kier molecular flexibility index (Phi) is 4.74. The van der Waals surface area contributed by atoms with Crippen LogP contribution in [0.25, 0.3) is 0 Å². The van der Waals surface area contributed by atoms with Crippen molar-refractivity contribution in [1.29, 1.82) is 0 Å². The molecule has 6 fully saturated rings. The van der Waals surface area contributed by atoms with Crippen LogP contribution in [0.15, 0.2) is 0 Å². The molecule has 0 aromatic carbocycles. The van der Waals surface area contributed by atoms with Crippen molar-refractivity contribution in [2.24, 2.45) is 0 Å². The molecule has 0 bridgehead atoms. The van der Waals surface area contributed by atoms with Crippen molar-refractivity contribution in [3.63, 3.8) is 0 Å². The Balaban J connectivity index is 2.20. The number of hydrogen-bond acceptors (Lipinski definition) is 8. The van der Waals surface area contributed by atoms with Gasteiger partial charge in [-0.05, 0) is 0 Å². The zero-order valence-corrected chi connectivity index (χ0v) is 34.5. The Bertz CT molecular complexity index is 1000. The number of nitrogens with zero attached hydrogens (tertiary/aromatic N) is 4. The van der Waals surface area contributed by atoms with Crippen LogP contribution >= 0.6 is 0 Å². The minimum atomic E-state index is -4.05. The summed E-state index contributed by atoms with van der Waals surface area (Å²) in [5.74, 6) is 0. The summed E-state index contributed by atoms with van der Waals surface area (Å²) in [6.07, 6.45) is 0. The fourth-order valence-electron chi connectivity index (χ4n) is 14.3. The van der Waals surface area contributed by atoms with Crippen molar-refractivity contribution in [1.82, 2.24) is 0 Å². The fourth-order valence-corrected chi connectivity index (χ4v) is 79.7. The molecule has 6 aliphatic carbocycles. The molecule has 0 aliphatic heterocycles. The fraction of sp³-hybridized carbons (Fsp3) is 1.00. The molecule has 0 amide bonds. The molecule has 6 aliphatic rings. The van der Waals surface area contributed by atoms with E-state index in [0.29, 0.717) is 0 Å². The van der Waals surface area contributed by atoms with E-state index in [2.05, 4.69) is 0 Å². The second-order valence-electron chi connectivity index (χ2n) is 15.9. The van der Waals surface area contributed by atoms with Gasteiger partial charge in [-0.25, -0.2) is 0 Å². The van der Waals surface area contributed by atoms with Crippen molar-refractivity contribution in [3.8, 4) is 0 Å². The van der Waals surface area contributed by atoms with E-state index in [0.717, 1.165) is 0 Å². The Morgan fingerprint density at radius 1 is 0.361 bits per heavy atom. The molecule has 0 aromatic heterocycles. The average molecular weight is 935 g/mol. The molecule has 6 rings (SSSR count). The molecule has 0 radical (unpaired) electrons. The molecule has 0 unspecified atom stereocenters. The second-order valence-corrected chi connectivity index (χ2v) is 75.8. The first-order valence-corrected chi connectivity index (χ1v) is 52.3. The Morgan fingerprint density at radius 3 is 0.528 bits per heavy atom. The first kappa shape index (κ1) is 28.3. The van der Waals surface area contributed by atoms with Gasteiger partial charge in [0.2, 0.25) is 0 Å². The van der Waals surface area contributed by atoms with Crippen molar-refractivity contribution in [2.45, 2.75) is 95.2 Å². The van der Waals surface area contributed by atoms with E-state index in [-0.39, 0.29) is 19.7 Å². The maximum absolute atomic E-state index is 13.6. The molecule has 0 atom stereocenters. The third-order valence-corrected chi connectivity index (χ3v) is 50.2. The summed E-state index contributed by atoms with van der Waals surface area (Å²) >= 11 is -16.2. The van der Waals surface area contributed by atoms with Crippen molar-refractivity contribution >= 4 is 73.5 Å². The van der Waals surface area contributed by atoms with Gasteiger partial charge in [-0.1, -0.05) is 0 Å². The van der Waals surface area contributed by atoms with Gasteiger partial charge in [-0.2, -0.15) is 0 Å². The Labute approximate surface area is 226 Å². The topological polar surface area (TPSA) is 173 Å². The summed E-state index contributed by atoms with van der Waals surface area (Å²) in [5.41, 5.74) is -7.63. The van der Waals surface area contributed by atoms with E-state index < -0.39 is 109 Å². The van der Waals surface area contributed by atoms with Crippen LogP contribution in [0.1, 0.15) is 0 Å². The molecule has 6 saturated carbocycles. The summed E-state index contributed by atoms with van der Waals surface area (Å²) in [6.45, 7) is 0. The molecule has 0 spiro atoms. The predicted molar refractivity (Wildman–Crippen MR) is 143 cm³/mol. The third-order valence-electron chi connectivity index (χ3n) is 12.1. The van der Waals surface area contributed by atoms with E-state index in [1.807, 2.05) is 59.3 Å². The van der Waals surface area contributed by atoms with Gasteiger partial charge in [0.05, 0.1) is 0 Å². The summed E-state index contributed by atoms with van der Waals surface area (Å²) < 4.78 is -6.63. The van der Waals surface area contributed by atoms with Crippen LogP contribution in [-0.4, -0.2) is 115 Å². The van der Waals surface area contributed by atoms with Crippen LogP contribution < -0.4 is 0 Å². The summed E-state index contributed by atoms with van der Waals surface area (Å²) in [5, 5.41) is 54.6. The van der Waals surface area contributed by atoms with Gasteiger partial charge < -0.3 is 0 Å². The summed E-state index contributed by atoms with van der Waals surface area (Å²) in [6, 6.07) is 0. The van der Waals surface area contributed by atoms with E-state index in [9.17, 15) is 40.5 Å². The predicted octanol–water partition coefficient (Wildman–Crippen LogP) is 4.43. The SMILES string of the molecule is [CH3][Sn]([CH3])([CH3])[C]12C3([N+](=O)[O-])[C]4([Sn]([CH3])([CH3])[CH3])C1([N+](=O)[O-])[C]1([Sn]([CH3])([CH3])[CH3])C2([N+](=O)[O-])[C]3([Sn]([CH3])([CH3])[CH3])C41[N+](=O)[O-]. The summed E-state index contributed by atoms with van der Waals surface area (Å²) in [7, 11) is 0. The Hall–Kier alpha value is 0.795. The molecule has 36 heavy (non-hydrogen) atoms. The number of hydrogen-bond donors (Lipinski definition) is 0. The Morgan fingerprint density at radius 2 is 0.472 bits per heavy atom. The van der Waals surface area contributed by atoms with Crippen LogP contribution in [0.5, 0.6) is 0 Å². The van der Waals surface area contributed by atoms with Crippen LogP contribution in [0.4, 0.5) is 0 Å². The van der Waals surface area contributed by atoms with Gasteiger partial charge in [0.25, 0.3) is 0 Å². The van der Waals surface area contributed by atoms with Crippen molar-refractivity contribution in [3.05, 3.63) is 40.5 Å². The van der Waals surface area contributed by atoms with E-state index in [4.69, 9.17) is 0 Å². The molecule has 200 valence electrons. The summed E-state index contributed by atoms with van der Waals surface area (Å²) in [4.78, 5) is 75.5. The molecule has 0 saturated heterocycles. The van der Waals surface area contributed by atoms with E-state index in [1.54, 1.807) is 0 Å². The maximum atomic E-state index is 13.6. The van der Waals surface area contributed by atoms with Crippen LogP contribution in [0, 0.1) is 40.5 Å². The normalized spacial score (nSPS) is 51.4. The zero-order chi connectivity index (χ0) is 28.3. The van der Waals surface area contributed by atoms with Gasteiger partial charge in [0.15, 0.2) is 0 Å². The average Bonchev–Trinajstić information content (AvgIpc) is 2.59. The van der Waals surface area contributed by atoms with Gasteiger partial charge in [-0.3, -0.25) is 0 Å².